The van der Waals surface area contributed by atoms with Crippen LogP contribution in [0.25, 0.3) is 10.9 Å². The van der Waals surface area contributed by atoms with E-state index in [4.69, 9.17) is 4.74 Å². The van der Waals surface area contributed by atoms with Gasteiger partial charge in [0.1, 0.15) is 12.1 Å². The minimum absolute atomic E-state index is 0.602. The Morgan fingerprint density at radius 1 is 1.37 bits per heavy atom. The van der Waals surface area contributed by atoms with Crippen LogP contribution in [0.2, 0.25) is 0 Å². The molecule has 0 saturated heterocycles. The van der Waals surface area contributed by atoms with Crippen LogP contribution < -0.4 is 5.32 Å². The number of anilines is 1. The molecule has 1 heterocycles. The predicted molar refractivity (Wildman–Crippen MR) is 78.4 cm³/mol. The van der Waals surface area contributed by atoms with Crippen molar-refractivity contribution in [3.8, 4) is 0 Å². The molecule has 1 aromatic heterocycles. The molecule has 1 N–H and O–H groups in total. The van der Waals surface area contributed by atoms with E-state index in [1.54, 1.807) is 6.33 Å². The Labute approximate surface area is 113 Å². The van der Waals surface area contributed by atoms with Crippen LogP contribution in [0.15, 0.2) is 36.7 Å². The van der Waals surface area contributed by atoms with Gasteiger partial charge in [-0.15, -0.1) is 0 Å². The van der Waals surface area contributed by atoms with E-state index in [0.717, 1.165) is 22.3 Å². The van der Waals surface area contributed by atoms with Crippen molar-refractivity contribution in [1.29, 1.82) is 0 Å². The van der Waals surface area contributed by atoms with Crippen LogP contribution in [-0.2, 0) is 4.74 Å². The van der Waals surface area contributed by atoms with Gasteiger partial charge in [0.15, 0.2) is 0 Å². The van der Waals surface area contributed by atoms with E-state index < -0.39 is 0 Å². The fraction of sp³-hybridized carbons (Fsp3) is 0.333. The third-order valence-electron chi connectivity index (χ3n) is 2.68. The van der Waals surface area contributed by atoms with E-state index in [-0.39, 0.29) is 0 Å². The third-order valence-corrected chi connectivity index (χ3v) is 2.68. The first-order chi connectivity index (χ1) is 9.16. The van der Waals surface area contributed by atoms with Gasteiger partial charge in [-0.05, 0) is 26.0 Å². The first-order valence-electron chi connectivity index (χ1n) is 6.34. The molecule has 0 amide bonds. The van der Waals surface area contributed by atoms with Crippen molar-refractivity contribution in [2.75, 3.05) is 25.1 Å². The van der Waals surface area contributed by atoms with Crippen LogP contribution in [0.4, 0.5) is 5.82 Å². The topological polar surface area (TPSA) is 47.0 Å². The monoisotopic (exact) mass is 257 g/mol. The maximum atomic E-state index is 5.45. The number of hydrogen-bond acceptors (Lipinski definition) is 4. The lowest BCUT2D eigenvalue weighted by molar-refractivity contribution is 0.167. The Morgan fingerprint density at radius 3 is 3.00 bits per heavy atom. The van der Waals surface area contributed by atoms with E-state index in [2.05, 4.69) is 40.9 Å². The summed E-state index contributed by atoms with van der Waals surface area (Å²) in [6, 6.07) is 6.15. The van der Waals surface area contributed by atoms with Crippen LogP contribution in [0.1, 0.15) is 12.5 Å². The number of rotatable bonds is 6. The normalized spacial score (nSPS) is 10.6. The maximum Gasteiger partial charge on any atom is 0.137 e. The molecule has 19 heavy (non-hydrogen) atoms. The van der Waals surface area contributed by atoms with Crippen LogP contribution in [0.3, 0.4) is 0 Å². The molecule has 1 aromatic carbocycles. The van der Waals surface area contributed by atoms with Crippen LogP contribution in [-0.4, -0.2) is 29.7 Å². The minimum Gasteiger partial charge on any atom is -0.375 e. The number of nitrogens with zero attached hydrogens (tertiary/aromatic N) is 2. The van der Waals surface area contributed by atoms with Crippen molar-refractivity contribution in [2.45, 2.75) is 13.8 Å². The minimum atomic E-state index is 0.602. The van der Waals surface area contributed by atoms with E-state index in [1.165, 1.54) is 5.56 Å². The molecule has 2 aromatic rings. The van der Waals surface area contributed by atoms with Gasteiger partial charge in [-0.25, -0.2) is 9.97 Å². The van der Waals surface area contributed by atoms with Crippen molar-refractivity contribution in [1.82, 2.24) is 9.97 Å². The summed E-state index contributed by atoms with van der Waals surface area (Å²) in [5, 5.41) is 4.33. The van der Waals surface area contributed by atoms with Crippen LogP contribution >= 0.6 is 0 Å². The summed E-state index contributed by atoms with van der Waals surface area (Å²) in [6.45, 7) is 9.76. The van der Waals surface area contributed by atoms with Gasteiger partial charge in [-0.3, -0.25) is 0 Å². The summed E-state index contributed by atoms with van der Waals surface area (Å²) in [5.41, 5.74) is 3.18. The SMILES string of the molecule is C=C(C)COCCNc1ncnc2ccc(C)cc12. The molecule has 4 nitrogen and oxygen atoms in total. The highest BCUT2D eigenvalue weighted by molar-refractivity contribution is 5.89. The number of benzene rings is 1. The van der Waals surface area contributed by atoms with E-state index >= 15 is 0 Å². The molecule has 0 unspecified atom stereocenters. The summed E-state index contributed by atoms with van der Waals surface area (Å²) in [6.07, 6.45) is 1.58. The lowest BCUT2D eigenvalue weighted by Crippen LogP contribution is -2.11. The van der Waals surface area contributed by atoms with Gasteiger partial charge in [0.05, 0.1) is 18.7 Å². The summed E-state index contributed by atoms with van der Waals surface area (Å²) in [4.78, 5) is 8.54. The van der Waals surface area contributed by atoms with Gasteiger partial charge >= 0.3 is 0 Å². The highest BCUT2D eigenvalue weighted by Crippen LogP contribution is 2.19. The second kappa shape index (κ2) is 6.29. The molecular formula is C15H19N3O. The molecule has 0 atom stereocenters. The Kier molecular flexibility index (Phi) is 4.47. The molecule has 0 aliphatic heterocycles. The average molecular weight is 257 g/mol. The van der Waals surface area contributed by atoms with E-state index in [1.807, 2.05) is 13.0 Å². The summed E-state index contributed by atoms with van der Waals surface area (Å²) in [7, 11) is 0. The van der Waals surface area contributed by atoms with Crippen molar-refractivity contribution in [3.05, 3.63) is 42.2 Å². The molecule has 2 rings (SSSR count). The second-order valence-electron chi connectivity index (χ2n) is 4.68. The molecule has 4 heteroatoms. The van der Waals surface area contributed by atoms with Gasteiger partial charge in [-0.1, -0.05) is 23.8 Å². The Morgan fingerprint density at radius 2 is 2.21 bits per heavy atom. The van der Waals surface area contributed by atoms with Crippen molar-refractivity contribution < 1.29 is 4.74 Å². The molecule has 0 aliphatic rings. The smallest absolute Gasteiger partial charge is 0.137 e. The first-order valence-corrected chi connectivity index (χ1v) is 6.34. The highest BCUT2D eigenvalue weighted by atomic mass is 16.5. The third kappa shape index (κ3) is 3.76. The Balaban J connectivity index is 2.00. The summed E-state index contributed by atoms with van der Waals surface area (Å²) >= 11 is 0. The second-order valence-corrected chi connectivity index (χ2v) is 4.68. The van der Waals surface area contributed by atoms with Crippen LogP contribution in [0, 0.1) is 6.92 Å². The molecule has 0 radical (unpaired) electrons. The molecule has 100 valence electrons. The predicted octanol–water partition coefficient (Wildman–Crippen LogP) is 2.94. The number of aromatic nitrogens is 2. The van der Waals surface area contributed by atoms with Gasteiger partial charge in [0, 0.05) is 11.9 Å². The Hall–Kier alpha value is -1.94. The number of ether oxygens (including phenoxy) is 1. The maximum absolute atomic E-state index is 5.45. The lowest BCUT2D eigenvalue weighted by atomic mass is 10.1. The van der Waals surface area contributed by atoms with E-state index in [9.17, 15) is 0 Å². The molecule has 0 saturated carbocycles. The average Bonchev–Trinajstić information content (AvgIpc) is 2.38. The van der Waals surface area contributed by atoms with Crippen molar-refractivity contribution in [3.63, 3.8) is 0 Å². The molecular weight excluding hydrogens is 238 g/mol. The largest absolute Gasteiger partial charge is 0.375 e. The van der Waals surface area contributed by atoms with Gasteiger partial charge in [-0.2, -0.15) is 0 Å². The number of aryl methyl sites for hydroxylation is 1. The summed E-state index contributed by atoms with van der Waals surface area (Å²) in [5.74, 6) is 0.854. The van der Waals surface area contributed by atoms with Crippen molar-refractivity contribution in [2.24, 2.45) is 0 Å². The van der Waals surface area contributed by atoms with Gasteiger partial charge in [0.25, 0.3) is 0 Å². The first kappa shape index (κ1) is 13.5. The molecule has 0 bridgehead atoms. The fourth-order valence-corrected chi connectivity index (χ4v) is 1.80. The number of hydrogen-bond donors (Lipinski definition) is 1. The number of fused-ring (bicyclic) bond motifs is 1. The molecule has 0 fully saturated rings. The lowest BCUT2D eigenvalue weighted by Gasteiger charge is -2.09. The van der Waals surface area contributed by atoms with Gasteiger partial charge in [0.2, 0.25) is 0 Å². The quantitative estimate of drug-likeness (QED) is 0.638. The molecule has 0 aliphatic carbocycles. The van der Waals surface area contributed by atoms with Crippen LogP contribution in [0.5, 0.6) is 0 Å². The molecule has 0 spiro atoms. The highest BCUT2D eigenvalue weighted by Gasteiger charge is 2.03. The Bertz CT molecular complexity index is 581. The zero-order valence-corrected chi connectivity index (χ0v) is 11.4. The standard InChI is InChI=1S/C15H19N3O/c1-11(2)9-19-7-6-16-15-13-8-12(3)4-5-14(13)17-10-18-15/h4-5,8,10H,1,6-7,9H2,2-3H3,(H,16,17,18). The summed E-state index contributed by atoms with van der Waals surface area (Å²) < 4.78 is 5.45. The van der Waals surface area contributed by atoms with Gasteiger partial charge < -0.3 is 10.1 Å². The zero-order chi connectivity index (χ0) is 13.7. The fourth-order valence-electron chi connectivity index (χ4n) is 1.80. The number of nitrogens with one attached hydrogen (secondary N) is 1. The van der Waals surface area contributed by atoms with E-state index in [0.29, 0.717) is 19.8 Å². The van der Waals surface area contributed by atoms with Crippen molar-refractivity contribution >= 4 is 16.7 Å². The zero-order valence-electron chi connectivity index (χ0n) is 11.4.